The van der Waals surface area contributed by atoms with Gasteiger partial charge in [0.25, 0.3) is 5.91 Å². The number of alkyl halides is 3. The Morgan fingerprint density at radius 2 is 1.70 bits per heavy atom. The number of nitrogens with one attached hydrogen (secondary N) is 1. The zero-order valence-corrected chi connectivity index (χ0v) is 16.6. The predicted octanol–water partition coefficient (Wildman–Crippen LogP) is 5.58. The number of hydrogen-bond acceptors (Lipinski definition) is 2. The van der Waals surface area contributed by atoms with E-state index in [0.717, 1.165) is 19.3 Å². The molecule has 156 valence electrons. The summed E-state index contributed by atoms with van der Waals surface area (Å²) in [5.74, 6) is -0.274. The van der Waals surface area contributed by atoms with E-state index in [4.69, 9.17) is 0 Å². The number of halogens is 3. The lowest BCUT2D eigenvalue weighted by Crippen LogP contribution is -2.12. The Balaban J connectivity index is 1.58. The van der Waals surface area contributed by atoms with Crippen LogP contribution in [0.15, 0.2) is 48.5 Å². The molecule has 0 saturated heterocycles. The van der Waals surface area contributed by atoms with Crippen LogP contribution in [0.5, 0.6) is 0 Å². The molecule has 0 spiro atoms. The molecular weight excluding hydrogens is 391 g/mol. The summed E-state index contributed by atoms with van der Waals surface area (Å²) >= 11 is 0. The normalized spacial score (nSPS) is 13.7. The number of rotatable bonds is 4. The van der Waals surface area contributed by atoms with E-state index in [1.54, 1.807) is 24.3 Å². The molecule has 4 nitrogen and oxygen atoms in total. The summed E-state index contributed by atoms with van der Waals surface area (Å²) < 4.78 is 41.6. The van der Waals surface area contributed by atoms with Crippen molar-refractivity contribution in [2.75, 3.05) is 5.32 Å². The second-order valence-corrected chi connectivity index (χ2v) is 7.44. The molecule has 7 heteroatoms. The van der Waals surface area contributed by atoms with Gasteiger partial charge in [0, 0.05) is 22.5 Å². The molecule has 3 aromatic rings. The maximum absolute atomic E-state index is 13.4. The molecular formula is C23H22F3N3O. The second kappa shape index (κ2) is 7.97. The zero-order valence-electron chi connectivity index (χ0n) is 16.6. The Kier molecular flexibility index (Phi) is 5.37. The van der Waals surface area contributed by atoms with Crippen LogP contribution in [-0.2, 0) is 25.4 Å². The lowest BCUT2D eigenvalue weighted by molar-refractivity contribution is -0.142. The number of aromatic nitrogens is 2. The minimum absolute atomic E-state index is 0.274. The number of nitrogens with zero attached hydrogens (tertiary/aromatic N) is 2. The van der Waals surface area contributed by atoms with Crippen LogP contribution in [0.1, 0.15) is 52.6 Å². The minimum atomic E-state index is -4.47. The van der Waals surface area contributed by atoms with Gasteiger partial charge in [-0.2, -0.15) is 18.3 Å². The quantitative estimate of drug-likeness (QED) is 0.607. The van der Waals surface area contributed by atoms with E-state index >= 15 is 0 Å². The van der Waals surface area contributed by atoms with Crippen LogP contribution >= 0.6 is 0 Å². The number of fused-ring (bicyclic) bond motifs is 1. The SMILES string of the molecule is CCc1ccc(NC(=O)c2ccc(-n3nc(C(F)(F)F)c4c3CCCC4)cc2)cc1. The first-order valence-corrected chi connectivity index (χ1v) is 10.1. The highest BCUT2D eigenvalue weighted by atomic mass is 19.4. The van der Waals surface area contributed by atoms with Gasteiger partial charge in [-0.05, 0) is 74.1 Å². The monoisotopic (exact) mass is 413 g/mol. The molecule has 30 heavy (non-hydrogen) atoms. The maximum Gasteiger partial charge on any atom is 0.435 e. The van der Waals surface area contributed by atoms with Crippen LogP contribution in [0.3, 0.4) is 0 Å². The fraction of sp³-hybridized carbons (Fsp3) is 0.304. The van der Waals surface area contributed by atoms with Crippen molar-refractivity contribution in [2.24, 2.45) is 0 Å². The third kappa shape index (κ3) is 3.97. The largest absolute Gasteiger partial charge is 0.435 e. The van der Waals surface area contributed by atoms with Crippen LogP contribution in [0.4, 0.5) is 18.9 Å². The number of hydrogen-bond donors (Lipinski definition) is 1. The maximum atomic E-state index is 13.4. The average molecular weight is 413 g/mol. The minimum Gasteiger partial charge on any atom is -0.322 e. The van der Waals surface area contributed by atoms with Gasteiger partial charge in [0.2, 0.25) is 0 Å². The number of benzene rings is 2. The number of carbonyl (C=O) groups is 1. The van der Waals surface area contributed by atoms with Crippen molar-refractivity contribution in [3.05, 3.63) is 76.6 Å². The molecule has 0 radical (unpaired) electrons. The Morgan fingerprint density at radius 3 is 2.33 bits per heavy atom. The molecule has 2 aromatic carbocycles. The lowest BCUT2D eigenvalue weighted by Gasteiger charge is -2.15. The lowest BCUT2D eigenvalue weighted by atomic mass is 9.95. The summed E-state index contributed by atoms with van der Waals surface area (Å²) in [6, 6.07) is 14.1. The fourth-order valence-corrected chi connectivity index (χ4v) is 3.82. The van der Waals surface area contributed by atoms with Crippen LogP contribution in [0.25, 0.3) is 5.69 Å². The zero-order chi connectivity index (χ0) is 21.3. The van der Waals surface area contributed by atoms with Gasteiger partial charge in [0.15, 0.2) is 5.69 Å². The fourth-order valence-electron chi connectivity index (χ4n) is 3.82. The van der Waals surface area contributed by atoms with E-state index in [-0.39, 0.29) is 5.91 Å². The Labute approximate surface area is 172 Å². The predicted molar refractivity (Wildman–Crippen MR) is 109 cm³/mol. The average Bonchev–Trinajstić information content (AvgIpc) is 3.15. The van der Waals surface area contributed by atoms with Gasteiger partial charge in [-0.3, -0.25) is 4.79 Å². The van der Waals surface area contributed by atoms with E-state index in [2.05, 4.69) is 17.3 Å². The van der Waals surface area contributed by atoms with Crippen molar-refractivity contribution >= 4 is 11.6 Å². The van der Waals surface area contributed by atoms with Crippen molar-refractivity contribution in [2.45, 2.75) is 45.2 Å². The first-order chi connectivity index (χ1) is 14.4. The number of anilines is 1. The van der Waals surface area contributed by atoms with Gasteiger partial charge >= 0.3 is 6.18 Å². The molecule has 4 rings (SSSR count). The number of aryl methyl sites for hydroxylation is 1. The Morgan fingerprint density at radius 1 is 1.03 bits per heavy atom. The highest BCUT2D eigenvalue weighted by Gasteiger charge is 2.39. The van der Waals surface area contributed by atoms with Crippen LogP contribution in [0, 0.1) is 0 Å². The number of amides is 1. The summed E-state index contributed by atoms with van der Waals surface area (Å²) in [4.78, 5) is 12.5. The highest BCUT2D eigenvalue weighted by Crippen LogP contribution is 2.36. The molecule has 1 aromatic heterocycles. The van der Waals surface area contributed by atoms with E-state index in [9.17, 15) is 18.0 Å². The molecule has 1 aliphatic carbocycles. The third-order valence-corrected chi connectivity index (χ3v) is 5.44. The third-order valence-electron chi connectivity index (χ3n) is 5.44. The van der Waals surface area contributed by atoms with Gasteiger partial charge in [-0.15, -0.1) is 0 Å². The molecule has 0 unspecified atom stereocenters. The molecule has 1 amide bonds. The standard InChI is InChI=1S/C23H22F3N3O/c1-2-15-7-11-17(12-8-15)27-22(30)16-9-13-18(14-10-16)29-20-6-4-3-5-19(20)21(28-29)23(24,25)26/h7-14H,2-6H2,1H3,(H,27,30). The molecule has 0 fully saturated rings. The van der Waals surface area contributed by atoms with E-state index in [1.165, 1.54) is 10.2 Å². The molecule has 1 N–H and O–H groups in total. The molecule has 1 aliphatic rings. The van der Waals surface area contributed by atoms with E-state index in [0.29, 0.717) is 41.0 Å². The molecule has 0 aliphatic heterocycles. The van der Waals surface area contributed by atoms with Crippen LogP contribution < -0.4 is 5.32 Å². The van der Waals surface area contributed by atoms with Crippen molar-refractivity contribution in [1.29, 1.82) is 0 Å². The van der Waals surface area contributed by atoms with E-state index < -0.39 is 11.9 Å². The van der Waals surface area contributed by atoms with Gasteiger partial charge < -0.3 is 5.32 Å². The summed E-state index contributed by atoms with van der Waals surface area (Å²) in [6.45, 7) is 2.06. The van der Waals surface area contributed by atoms with Crippen molar-refractivity contribution in [3.63, 3.8) is 0 Å². The molecule has 0 bridgehead atoms. The summed E-state index contributed by atoms with van der Waals surface area (Å²) in [6.07, 6.45) is -1.02. The summed E-state index contributed by atoms with van der Waals surface area (Å²) in [5, 5.41) is 6.72. The summed E-state index contributed by atoms with van der Waals surface area (Å²) in [5.41, 5.74) is 2.93. The van der Waals surface area contributed by atoms with Crippen LogP contribution in [0.2, 0.25) is 0 Å². The second-order valence-electron chi connectivity index (χ2n) is 7.44. The topological polar surface area (TPSA) is 46.9 Å². The smallest absolute Gasteiger partial charge is 0.322 e. The Hall–Kier alpha value is -3.09. The van der Waals surface area contributed by atoms with Crippen molar-refractivity contribution < 1.29 is 18.0 Å². The molecule has 1 heterocycles. The van der Waals surface area contributed by atoms with Crippen molar-refractivity contribution in [3.8, 4) is 5.69 Å². The molecule has 0 saturated carbocycles. The van der Waals surface area contributed by atoms with Gasteiger partial charge in [0.1, 0.15) is 0 Å². The van der Waals surface area contributed by atoms with E-state index in [1.807, 2.05) is 24.3 Å². The van der Waals surface area contributed by atoms with Gasteiger partial charge in [-0.25, -0.2) is 4.68 Å². The van der Waals surface area contributed by atoms with Gasteiger partial charge in [0.05, 0.1) is 5.69 Å². The molecule has 0 atom stereocenters. The highest BCUT2D eigenvalue weighted by molar-refractivity contribution is 6.04. The van der Waals surface area contributed by atoms with Gasteiger partial charge in [-0.1, -0.05) is 19.1 Å². The van der Waals surface area contributed by atoms with Crippen molar-refractivity contribution in [1.82, 2.24) is 9.78 Å². The number of carbonyl (C=O) groups excluding carboxylic acids is 1. The first-order valence-electron chi connectivity index (χ1n) is 10.1. The van der Waals surface area contributed by atoms with Crippen LogP contribution in [-0.4, -0.2) is 15.7 Å². The first kappa shape index (κ1) is 20.2. The Bertz CT molecular complexity index is 1050. The summed E-state index contributed by atoms with van der Waals surface area (Å²) in [7, 11) is 0.